The van der Waals surface area contributed by atoms with E-state index in [-0.39, 0.29) is 11.2 Å². The molecule has 1 aromatic rings. The highest BCUT2D eigenvalue weighted by atomic mass is 32.2. The Morgan fingerprint density at radius 2 is 2.05 bits per heavy atom. The van der Waals surface area contributed by atoms with Crippen LogP contribution in [0, 0.1) is 11.8 Å². The van der Waals surface area contributed by atoms with Crippen molar-refractivity contribution in [3.8, 4) is 0 Å². The largest absolute Gasteiger partial charge is 0.352 e. The minimum atomic E-state index is -0.122. The van der Waals surface area contributed by atoms with Crippen molar-refractivity contribution in [1.29, 1.82) is 0 Å². The highest BCUT2D eigenvalue weighted by Crippen LogP contribution is 2.44. The summed E-state index contributed by atoms with van der Waals surface area (Å²) in [4.78, 5) is 12.3. The van der Waals surface area contributed by atoms with Crippen LogP contribution >= 0.6 is 11.8 Å². The lowest BCUT2D eigenvalue weighted by atomic mass is 10.1. The summed E-state index contributed by atoms with van der Waals surface area (Å²) >= 11 is 1.47. The third kappa shape index (κ3) is 3.11. The first kappa shape index (κ1) is 13.0. The van der Waals surface area contributed by atoms with Gasteiger partial charge in [-0.2, -0.15) is 0 Å². The Kier molecular flexibility index (Phi) is 3.52. The van der Waals surface area contributed by atoms with E-state index < -0.39 is 0 Å². The number of nitrogens with zero attached hydrogens (tertiary/aromatic N) is 3. The fourth-order valence-corrected chi connectivity index (χ4v) is 3.20. The fourth-order valence-electron chi connectivity index (χ4n) is 2.40. The van der Waals surface area contributed by atoms with Crippen molar-refractivity contribution in [1.82, 2.24) is 20.1 Å². The van der Waals surface area contributed by atoms with Crippen molar-refractivity contribution >= 4 is 17.7 Å². The first-order valence-electron chi connectivity index (χ1n) is 6.96. The van der Waals surface area contributed by atoms with Crippen LogP contribution in [0.1, 0.15) is 32.6 Å². The van der Waals surface area contributed by atoms with Crippen LogP contribution in [0.2, 0.25) is 0 Å². The third-order valence-electron chi connectivity index (χ3n) is 3.89. The molecule has 0 spiro atoms. The maximum atomic E-state index is 12.3. The zero-order chi connectivity index (χ0) is 13.4. The van der Waals surface area contributed by atoms with Crippen LogP contribution in [0.15, 0.2) is 11.5 Å². The summed E-state index contributed by atoms with van der Waals surface area (Å²) in [5.41, 5.74) is 0. The summed E-state index contributed by atoms with van der Waals surface area (Å²) in [6.45, 7) is 1.94. The Hall–Kier alpha value is -1.04. The zero-order valence-electron chi connectivity index (χ0n) is 11.4. The van der Waals surface area contributed by atoms with Gasteiger partial charge in [-0.05, 0) is 44.4 Å². The molecule has 0 bridgehead atoms. The molecular weight excluding hydrogens is 260 g/mol. The quantitative estimate of drug-likeness (QED) is 0.804. The Bertz CT molecular complexity index is 455. The molecule has 5 nitrogen and oxygen atoms in total. The van der Waals surface area contributed by atoms with Crippen molar-refractivity contribution in [2.75, 3.05) is 0 Å². The van der Waals surface area contributed by atoms with Gasteiger partial charge in [-0.1, -0.05) is 11.8 Å². The Morgan fingerprint density at radius 3 is 2.53 bits per heavy atom. The van der Waals surface area contributed by atoms with E-state index in [4.69, 9.17) is 0 Å². The second kappa shape index (κ2) is 5.15. The molecule has 104 valence electrons. The monoisotopic (exact) mass is 280 g/mol. The fraction of sp³-hybridized carbons (Fsp3) is 0.769. The average Bonchev–Trinajstić information content (AvgIpc) is 3.27. The molecular formula is C13H20N4OS. The van der Waals surface area contributed by atoms with E-state index in [0.29, 0.717) is 6.04 Å². The Balaban J connectivity index is 1.55. The van der Waals surface area contributed by atoms with Crippen molar-refractivity contribution < 1.29 is 4.79 Å². The summed E-state index contributed by atoms with van der Waals surface area (Å²) in [5.74, 6) is 1.61. The van der Waals surface area contributed by atoms with Crippen LogP contribution in [0.5, 0.6) is 0 Å². The van der Waals surface area contributed by atoms with Crippen LogP contribution in [0.4, 0.5) is 0 Å². The standard InChI is InChI=1S/C13H20N4OS/c1-8(19-13-16-14-7-17(13)2)12(18)15-11(9-3-4-9)10-5-6-10/h7-11H,3-6H2,1-2H3,(H,15,18)/t8-/m1/s1. The van der Waals surface area contributed by atoms with Gasteiger partial charge < -0.3 is 9.88 Å². The third-order valence-corrected chi connectivity index (χ3v) is 5.04. The molecule has 0 aliphatic heterocycles. The van der Waals surface area contributed by atoms with E-state index in [9.17, 15) is 4.79 Å². The Morgan fingerprint density at radius 1 is 1.42 bits per heavy atom. The molecule has 6 heteroatoms. The molecule has 2 fully saturated rings. The first-order valence-corrected chi connectivity index (χ1v) is 7.84. The van der Waals surface area contributed by atoms with Crippen LogP contribution in [-0.4, -0.2) is 32.0 Å². The zero-order valence-corrected chi connectivity index (χ0v) is 12.2. The molecule has 2 aliphatic rings. The molecule has 0 saturated heterocycles. The molecule has 0 unspecified atom stereocenters. The Labute approximate surface area is 117 Å². The number of aromatic nitrogens is 3. The van der Waals surface area contributed by atoms with Gasteiger partial charge in [0.25, 0.3) is 0 Å². The maximum Gasteiger partial charge on any atom is 0.233 e. The lowest BCUT2D eigenvalue weighted by Gasteiger charge is -2.20. The molecule has 3 rings (SSSR count). The molecule has 2 aliphatic carbocycles. The molecule has 1 aromatic heterocycles. The maximum absolute atomic E-state index is 12.3. The van der Waals surface area contributed by atoms with Crippen LogP contribution < -0.4 is 5.32 Å². The normalized spacial score (nSPS) is 20.6. The van der Waals surface area contributed by atoms with Gasteiger partial charge >= 0.3 is 0 Å². The predicted molar refractivity (Wildman–Crippen MR) is 73.7 cm³/mol. The number of rotatable bonds is 6. The van der Waals surface area contributed by atoms with Gasteiger partial charge in [-0.3, -0.25) is 4.79 Å². The van der Waals surface area contributed by atoms with Gasteiger partial charge in [0.15, 0.2) is 5.16 Å². The predicted octanol–water partition coefficient (Wildman–Crippen LogP) is 1.60. The lowest BCUT2D eigenvalue weighted by Crippen LogP contribution is -2.42. The number of nitrogens with one attached hydrogen (secondary N) is 1. The number of amides is 1. The number of hydrogen-bond acceptors (Lipinski definition) is 4. The van der Waals surface area contributed by atoms with Crippen molar-refractivity contribution in [2.24, 2.45) is 18.9 Å². The van der Waals surface area contributed by atoms with E-state index in [0.717, 1.165) is 17.0 Å². The van der Waals surface area contributed by atoms with Gasteiger partial charge in [0.05, 0.1) is 5.25 Å². The van der Waals surface area contributed by atoms with Gasteiger partial charge in [0.2, 0.25) is 5.91 Å². The van der Waals surface area contributed by atoms with E-state index in [2.05, 4.69) is 15.5 Å². The topological polar surface area (TPSA) is 59.8 Å². The minimum absolute atomic E-state index is 0.122. The second-order valence-electron chi connectivity index (χ2n) is 5.69. The smallest absolute Gasteiger partial charge is 0.233 e. The van der Waals surface area contributed by atoms with E-state index in [1.165, 1.54) is 37.4 Å². The molecule has 1 amide bonds. The van der Waals surface area contributed by atoms with Gasteiger partial charge in [0, 0.05) is 13.1 Å². The molecule has 19 heavy (non-hydrogen) atoms. The summed E-state index contributed by atoms with van der Waals surface area (Å²) in [6, 6.07) is 0.426. The molecule has 1 atom stereocenters. The number of thioether (sulfide) groups is 1. The summed E-state index contributed by atoms with van der Waals surface area (Å²) < 4.78 is 1.84. The average molecular weight is 280 g/mol. The molecule has 2 saturated carbocycles. The van der Waals surface area contributed by atoms with Crippen molar-refractivity contribution in [3.63, 3.8) is 0 Å². The minimum Gasteiger partial charge on any atom is -0.352 e. The highest BCUT2D eigenvalue weighted by Gasteiger charge is 2.42. The number of carbonyl (C=O) groups excluding carboxylic acids is 1. The van der Waals surface area contributed by atoms with Crippen LogP contribution in [0.25, 0.3) is 0 Å². The van der Waals surface area contributed by atoms with Gasteiger partial charge in [-0.15, -0.1) is 10.2 Å². The van der Waals surface area contributed by atoms with E-state index >= 15 is 0 Å². The lowest BCUT2D eigenvalue weighted by molar-refractivity contribution is -0.121. The number of hydrogen-bond donors (Lipinski definition) is 1. The molecule has 1 N–H and O–H groups in total. The molecule has 1 heterocycles. The van der Waals surface area contributed by atoms with Gasteiger partial charge in [-0.25, -0.2) is 0 Å². The summed E-state index contributed by atoms with van der Waals surface area (Å²) in [7, 11) is 1.89. The van der Waals surface area contributed by atoms with Crippen LogP contribution in [0.3, 0.4) is 0 Å². The molecule has 0 aromatic carbocycles. The van der Waals surface area contributed by atoms with Gasteiger partial charge in [0.1, 0.15) is 6.33 Å². The number of aryl methyl sites for hydroxylation is 1. The van der Waals surface area contributed by atoms with E-state index in [1.54, 1.807) is 6.33 Å². The second-order valence-corrected chi connectivity index (χ2v) is 7.00. The molecule has 0 radical (unpaired) electrons. The first-order chi connectivity index (χ1) is 9.15. The SMILES string of the molecule is C[C@@H](Sc1nncn1C)C(=O)NC(C1CC1)C1CC1. The van der Waals surface area contributed by atoms with E-state index in [1.807, 2.05) is 18.5 Å². The van der Waals surface area contributed by atoms with Crippen molar-refractivity contribution in [2.45, 2.75) is 49.1 Å². The number of carbonyl (C=O) groups is 1. The summed E-state index contributed by atoms with van der Waals surface area (Å²) in [5, 5.41) is 11.8. The highest BCUT2D eigenvalue weighted by molar-refractivity contribution is 8.00. The van der Waals surface area contributed by atoms with Crippen LogP contribution in [-0.2, 0) is 11.8 Å². The van der Waals surface area contributed by atoms with Crippen molar-refractivity contribution in [3.05, 3.63) is 6.33 Å². The summed E-state index contributed by atoms with van der Waals surface area (Å²) in [6.07, 6.45) is 6.79.